The van der Waals surface area contributed by atoms with Crippen LogP contribution in [0.5, 0.6) is 0 Å². The standard InChI is InChI=1S/C8H16F3NOS/c1-6(13)7(2,3)12-4-5-14-8(9,10)11/h6,12-13H,4-5H2,1-3H3. The van der Waals surface area contributed by atoms with Crippen LogP contribution in [0.25, 0.3) is 0 Å². The number of hydrogen-bond acceptors (Lipinski definition) is 3. The predicted octanol–water partition coefficient (Wildman–Crippen LogP) is 1.99. The third-order valence-electron chi connectivity index (χ3n) is 1.99. The highest BCUT2D eigenvalue weighted by molar-refractivity contribution is 8.00. The highest BCUT2D eigenvalue weighted by Crippen LogP contribution is 2.29. The normalized spacial score (nSPS) is 15.6. The van der Waals surface area contributed by atoms with Gasteiger partial charge in [0.25, 0.3) is 0 Å². The topological polar surface area (TPSA) is 32.3 Å². The molecule has 14 heavy (non-hydrogen) atoms. The molecule has 0 aliphatic heterocycles. The van der Waals surface area contributed by atoms with E-state index in [1.165, 1.54) is 0 Å². The van der Waals surface area contributed by atoms with Crippen LogP contribution in [-0.4, -0.2) is 34.6 Å². The predicted molar refractivity (Wildman–Crippen MR) is 52.3 cm³/mol. The van der Waals surface area contributed by atoms with Crippen LogP contribution < -0.4 is 5.32 Å². The van der Waals surface area contributed by atoms with E-state index in [-0.39, 0.29) is 24.1 Å². The van der Waals surface area contributed by atoms with E-state index in [9.17, 15) is 18.3 Å². The molecule has 6 heteroatoms. The summed E-state index contributed by atoms with van der Waals surface area (Å²) in [6.07, 6.45) is -0.599. The summed E-state index contributed by atoms with van der Waals surface area (Å²) in [6, 6.07) is 0. The smallest absolute Gasteiger partial charge is 0.392 e. The summed E-state index contributed by atoms with van der Waals surface area (Å²) >= 11 is -0.0582. The molecule has 0 fully saturated rings. The average Bonchev–Trinajstić information content (AvgIpc) is 1.96. The van der Waals surface area contributed by atoms with E-state index in [4.69, 9.17) is 0 Å². The first-order valence-corrected chi connectivity index (χ1v) is 5.27. The van der Waals surface area contributed by atoms with Crippen LogP contribution >= 0.6 is 11.8 Å². The minimum absolute atomic E-state index is 0.0420. The number of hydrogen-bond donors (Lipinski definition) is 2. The number of aliphatic hydroxyl groups excluding tert-OH is 1. The van der Waals surface area contributed by atoms with Crippen LogP contribution in [0.4, 0.5) is 13.2 Å². The Kier molecular flexibility index (Phi) is 5.25. The van der Waals surface area contributed by atoms with E-state index in [0.717, 1.165) is 0 Å². The van der Waals surface area contributed by atoms with Gasteiger partial charge in [0.1, 0.15) is 0 Å². The molecule has 0 heterocycles. The fourth-order valence-corrected chi connectivity index (χ4v) is 1.12. The first kappa shape index (κ1) is 14.1. The maximum atomic E-state index is 11.7. The lowest BCUT2D eigenvalue weighted by atomic mass is 9.99. The highest BCUT2D eigenvalue weighted by atomic mass is 32.2. The number of rotatable bonds is 5. The molecule has 2 nitrogen and oxygen atoms in total. The molecule has 0 saturated carbocycles. The number of nitrogens with one attached hydrogen (secondary N) is 1. The van der Waals surface area contributed by atoms with Crippen LogP contribution in [-0.2, 0) is 0 Å². The Balaban J connectivity index is 3.65. The third-order valence-corrected chi connectivity index (χ3v) is 2.73. The zero-order valence-electron chi connectivity index (χ0n) is 8.48. The van der Waals surface area contributed by atoms with Gasteiger partial charge in [-0.15, -0.1) is 0 Å². The summed E-state index contributed by atoms with van der Waals surface area (Å²) < 4.78 is 35.2. The van der Waals surface area contributed by atoms with Crippen molar-refractivity contribution >= 4 is 11.8 Å². The first-order valence-electron chi connectivity index (χ1n) is 4.29. The summed E-state index contributed by atoms with van der Waals surface area (Å²) in [4.78, 5) is 0. The molecule has 2 N–H and O–H groups in total. The summed E-state index contributed by atoms with van der Waals surface area (Å²) in [5, 5.41) is 12.1. The number of halogens is 3. The Morgan fingerprint density at radius 3 is 2.21 bits per heavy atom. The van der Waals surface area contributed by atoms with Gasteiger partial charge < -0.3 is 10.4 Å². The van der Waals surface area contributed by atoms with Gasteiger partial charge in [-0.25, -0.2) is 0 Å². The molecular formula is C8H16F3NOS. The van der Waals surface area contributed by atoms with Crippen molar-refractivity contribution in [3.05, 3.63) is 0 Å². The quantitative estimate of drug-likeness (QED) is 0.710. The zero-order chi connectivity index (χ0) is 11.4. The fraction of sp³-hybridized carbons (Fsp3) is 1.00. The first-order chi connectivity index (χ1) is 6.15. The second-order valence-corrected chi connectivity index (χ2v) is 4.78. The van der Waals surface area contributed by atoms with Crippen LogP contribution in [0.15, 0.2) is 0 Å². The molecular weight excluding hydrogens is 215 g/mol. The highest BCUT2D eigenvalue weighted by Gasteiger charge is 2.28. The van der Waals surface area contributed by atoms with E-state index in [2.05, 4.69) is 5.32 Å². The molecule has 0 aromatic rings. The molecule has 0 amide bonds. The van der Waals surface area contributed by atoms with Crippen LogP contribution in [0.2, 0.25) is 0 Å². The molecule has 1 unspecified atom stereocenters. The van der Waals surface area contributed by atoms with Crippen molar-refractivity contribution in [1.29, 1.82) is 0 Å². The van der Waals surface area contributed by atoms with E-state index in [0.29, 0.717) is 0 Å². The Morgan fingerprint density at radius 2 is 1.86 bits per heavy atom. The summed E-state index contributed by atoms with van der Waals surface area (Å²) in [6.45, 7) is 5.32. The lowest BCUT2D eigenvalue weighted by Gasteiger charge is -2.29. The third kappa shape index (κ3) is 6.50. The Hall–Kier alpha value is 0.0600. The van der Waals surface area contributed by atoms with Gasteiger partial charge >= 0.3 is 5.51 Å². The average molecular weight is 231 g/mol. The van der Waals surface area contributed by atoms with Crippen molar-refractivity contribution in [1.82, 2.24) is 5.32 Å². The molecule has 0 aliphatic rings. The Morgan fingerprint density at radius 1 is 1.36 bits per heavy atom. The molecule has 0 radical (unpaired) electrons. The van der Waals surface area contributed by atoms with Crippen molar-refractivity contribution in [3.63, 3.8) is 0 Å². The van der Waals surface area contributed by atoms with E-state index < -0.39 is 17.2 Å². The van der Waals surface area contributed by atoms with Crippen LogP contribution in [0.1, 0.15) is 20.8 Å². The molecule has 0 bridgehead atoms. The molecule has 0 rings (SSSR count). The van der Waals surface area contributed by atoms with Gasteiger partial charge in [0.15, 0.2) is 0 Å². The van der Waals surface area contributed by atoms with Gasteiger partial charge in [-0.05, 0) is 32.5 Å². The number of thioether (sulfide) groups is 1. The van der Waals surface area contributed by atoms with Crippen molar-refractivity contribution in [2.45, 2.75) is 37.9 Å². The van der Waals surface area contributed by atoms with E-state index in [1.807, 2.05) is 0 Å². The van der Waals surface area contributed by atoms with Gasteiger partial charge in [0.2, 0.25) is 0 Å². The molecule has 0 saturated heterocycles. The second-order valence-electron chi connectivity index (χ2n) is 3.62. The molecule has 0 aromatic carbocycles. The van der Waals surface area contributed by atoms with Crippen molar-refractivity contribution < 1.29 is 18.3 Å². The van der Waals surface area contributed by atoms with E-state index >= 15 is 0 Å². The number of alkyl halides is 3. The van der Waals surface area contributed by atoms with Gasteiger partial charge in [-0.3, -0.25) is 0 Å². The summed E-state index contributed by atoms with van der Waals surface area (Å²) in [5.41, 5.74) is -4.72. The van der Waals surface area contributed by atoms with Gasteiger partial charge in [-0.1, -0.05) is 0 Å². The maximum Gasteiger partial charge on any atom is 0.441 e. The molecule has 86 valence electrons. The lowest BCUT2D eigenvalue weighted by Crippen LogP contribution is -2.49. The molecule has 0 spiro atoms. The van der Waals surface area contributed by atoms with Gasteiger partial charge in [-0.2, -0.15) is 13.2 Å². The lowest BCUT2D eigenvalue weighted by molar-refractivity contribution is -0.0328. The number of aliphatic hydroxyl groups is 1. The minimum Gasteiger partial charge on any atom is -0.392 e. The van der Waals surface area contributed by atoms with Crippen molar-refractivity contribution in [2.24, 2.45) is 0 Å². The fourth-order valence-electron chi connectivity index (χ4n) is 0.688. The molecule has 0 aliphatic carbocycles. The van der Waals surface area contributed by atoms with Crippen LogP contribution in [0.3, 0.4) is 0 Å². The van der Waals surface area contributed by atoms with Crippen LogP contribution in [0, 0.1) is 0 Å². The summed E-state index contributed by atoms with van der Waals surface area (Å²) in [7, 11) is 0. The van der Waals surface area contributed by atoms with Crippen molar-refractivity contribution in [2.75, 3.05) is 12.3 Å². The molecule has 1 atom stereocenters. The van der Waals surface area contributed by atoms with E-state index in [1.54, 1.807) is 20.8 Å². The minimum atomic E-state index is -4.17. The monoisotopic (exact) mass is 231 g/mol. The largest absolute Gasteiger partial charge is 0.441 e. The van der Waals surface area contributed by atoms with Gasteiger partial charge in [0, 0.05) is 17.8 Å². The van der Waals surface area contributed by atoms with Crippen molar-refractivity contribution in [3.8, 4) is 0 Å². The van der Waals surface area contributed by atoms with Gasteiger partial charge in [0.05, 0.1) is 6.10 Å². The molecule has 0 aromatic heterocycles. The zero-order valence-corrected chi connectivity index (χ0v) is 9.30. The maximum absolute atomic E-state index is 11.7. The SMILES string of the molecule is CC(O)C(C)(C)NCCSC(F)(F)F. The second kappa shape index (κ2) is 5.23. The Bertz CT molecular complexity index is 170. The Labute approximate surface area is 86.3 Å². The summed E-state index contributed by atoms with van der Waals surface area (Å²) in [5.74, 6) is -0.0420.